The molecule has 3 N–H and O–H groups in total. The second-order valence-corrected chi connectivity index (χ2v) is 5.38. The largest absolute Gasteiger partial charge is 0.466 e. The molecular formula is C17H42N2O2. The SMILES string of the molecule is C.C.CC(C)N.CCCCCNC(C)C.O=C1CCCO1. The molecule has 0 radical (unpaired) electrons. The van der Waals surface area contributed by atoms with Crippen molar-refractivity contribution in [1.82, 2.24) is 5.32 Å². The van der Waals surface area contributed by atoms with E-state index in [1.807, 2.05) is 13.8 Å². The molecule has 0 aromatic rings. The molecule has 4 nitrogen and oxygen atoms in total. The minimum absolute atomic E-state index is 0. The number of ether oxygens (including phenoxy) is 1. The van der Waals surface area contributed by atoms with Crippen LogP contribution in [0, 0.1) is 0 Å². The molecule has 0 unspecified atom stereocenters. The van der Waals surface area contributed by atoms with Gasteiger partial charge in [0.25, 0.3) is 0 Å². The van der Waals surface area contributed by atoms with Gasteiger partial charge in [-0.2, -0.15) is 0 Å². The Bertz CT molecular complexity index is 184. The van der Waals surface area contributed by atoms with E-state index >= 15 is 0 Å². The zero-order valence-electron chi connectivity index (χ0n) is 13.5. The highest BCUT2D eigenvalue weighted by molar-refractivity contribution is 5.70. The van der Waals surface area contributed by atoms with E-state index in [0.717, 1.165) is 6.42 Å². The minimum atomic E-state index is -0.0463. The molecule has 1 rings (SSSR count). The average Bonchev–Trinajstić information content (AvgIpc) is 2.75. The predicted octanol–water partition coefficient (Wildman–Crippen LogP) is 4.12. The van der Waals surface area contributed by atoms with Crippen molar-refractivity contribution in [1.29, 1.82) is 0 Å². The number of esters is 1. The Morgan fingerprint density at radius 1 is 1.19 bits per heavy atom. The van der Waals surface area contributed by atoms with E-state index in [1.165, 1.54) is 25.8 Å². The van der Waals surface area contributed by atoms with Crippen LogP contribution < -0.4 is 11.1 Å². The fourth-order valence-electron chi connectivity index (χ4n) is 1.24. The van der Waals surface area contributed by atoms with E-state index in [9.17, 15) is 4.79 Å². The standard InChI is InChI=1S/C8H19N.C4H6O2.C3H9N.2CH4/c1-4-5-6-7-9-8(2)3;5-4-2-1-3-6-4;1-3(2)4;;/h8-9H,4-7H2,1-3H3;1-3H2;3H,4H2,1-2H3;2*1H4. The Morgan fingerprint density at radius 2 is 1.71 bits per heavy atom. The maximum absolute atomic E-state index is 10.0. The molecule has 1 heterocycles. The van der Waals surface area contributed by atoms with E-state index in [0.29, 0.717) is 25.1 Å². The molecule has 0 amide bonds. The number of nitrogens with one attached hydrogen (secondary N) is 1. The normalized spacial score (nSPS) is 12.3. The fourth-order valence-corrected chi connectivity index (χ4v) is 1.24. The molecule has 0 saturated carbocycles. The molecule has 132 valence electrons. The van der Waals surface area contributed by atoms with Gasteiger partial charge in [-0.3, -0.25) is 4.79 Å². The highest BCUT2D eigenvalue weighted by Gasteiger charge is 2.08. The van der Waals surface area contributed by atoms with Gasteiger partial charge in [0.15, 0.2) is 0 Å². The van der Waals surface area contributed by atoms with Gasteiger partial charge in [-0.05, 0) is 25.4 Å². The van der Waals surface area contributed by atoms with Crippen molar-refractivity contribution in [3.63, 3.8) is 0 Å². The summed E-state index contributed by atoms with van der Waals surface area (Å²) < 4.78 is 4.51. The number of hydrogen-bond acceptors (Lipinski definition) is 4. The van der Waals surface area contributed by atoms with Crippen molar-refractivity contribution in [2.75, 3.05) is 13.2 Å². The summed E-state index contributed by atoms with van der Waals surface area (Å²) in [6.45, 7) is 12.3. The monoisotopic (exact) mass is 306 g/mol. The minimum Gasteiger partial charge on any atom is -0.466 e. The quantitative estimate of drug-likeness (QED) is 0.592. The van der Waals surface area contributed by atoms with Gasteiger partial charge in [-0.1, -0.05) is 62.3 Å². The molecule has 0 bridgehead atoms. The summed E-state index contributed by atoms with van der Waals surface area (Å²) >= 11 is 0. The van der Waals surface area contributed by atoms with E-state index in [-0.39, 0.29) is 20.8 Å². The van der Waals surface area contributed by atoms with Crippen LogP contribution in [0.25, 0.3) is 0 Å². The second kappa shape index (κ2) is 21.7. The van der Waals surface area contributed by atoms with Gasteiger partial charge >= 0.3 is 5.97 Å². The van der Waals surface area contributed by atoms with E-state index in [4.69, 9.17) is 5.73 Å². The highest BCUT2D eigenvalue weighted by Crippen LogP contribution is 2.01. The van der Waals surface area contributed by atoms with Gasteiger partial charge in [-0.15, -0.1) is 0 Å². The first-order valence-corrected chi connectivity index (χ1v) is 7.54. The van der Waals surface area contributed by atoms with Gasteiger partial charge in [-0.25, -0.2) is 0 Å². The van der Waals surface area contributed by atoms with E-state index < -0.39 is 0 Å². The van der Waals surface area contributed by atoms with Crippen LogP contribution in [0.2, 0.25) is 0 Å². The van der Waals surface area contributed by atoms with Gasteiger partial charge in [0, 0.05) is 12.5 Å². The van der Waals surface area contributed by atoms with Crippen LogP contribution in [0.3, 0.4) is 0 Å². The maximum atomic E-state index is 10.0. The van der Waals surface area contributed by atoms with Crippen molar-refractivity contribution in [3.05, 3.63) is 0 Å². The van der Waals surface area contributed by atoms with Crippen LogP contribution in [0.4, 0.5) is 0 Å². The summed E-state index contributed by atoms with van der Waals surface area (Å²) in [6.07, 6.45) is 5.55. The lowest BCUT2D eigenvalue weighted by atomic mass is 10.2. The molecule has 1 aliphatic heterocycles. The number of carbonyl (C=O) groups is 1. The van der Waals surface area contributed by atoms with Crippen molar-refractivity contribution >= 4 is 5.97 Å². The topological polar surface area (TPSA) is 64.3 Å². The molecule has 0 spiro atoms. The Kier molecular flexibility index (Phi) is 29.5. The summed E-state index contributed by atoms with van der Waals surface area (Å²) in [5.41, 5.74) is 5.11. The zero-order valence-corrected chi connectivity index (χ0v) is 13.5. The predicted molar refractivity (Wildman–Crippen MR) is 95.6 cm³/mol. The summed E-state index contributed by atoms with van der Waals surface area (Å²) in [5.74, 6) is -0.0463. The van der Waals surface area contributed by atoms with Crippen molar-refractivity contribution in [2.24, 2.45) is 5.73 Å². The Hall–Kier alpha value is -0.610. The summed E-state index contributed by atoms with van der Waals surface area (Å²) in [4.78, 5) is 10.0. The molecule has 0 aromatic heterocycles. The van der Waals surface area contributed by atoms with Gasteiger partial charge in [0.05, 0.1) is 6.61 Å². The Labute approximate surface area is 134 Å². The van der Waals surface area contributed by atoms with Crippen molar-refractivity contribution < 1.29 is 9.53 Å². The number of carbonyl (C=O) groups excluding carboxylic acids is 1. The lowest BCUT2D eigenvalue weighted by molar-refractivity contribution is -0.137. The zero-order chi connectivity index (χ0) is 15.1. The van der Waals surface area contributed by atoms with Crippen LogP contribution in [0.1, 0.15) is 81.6 Å². The van der Waals surface area contributed by atoms with Gasteiger partial charge < -0.3 is 15.8 Å². The smallest absolute Gasteiger partial charge is 0.305 e. The maximum Gasteiger partial charge on any atom is 0.305 e. The number of unbranched alkanes of at least 4 members (excludes halogenated alkanes) is 2. The number of cyclic esters (lactones) is 1. The van der Waals surface area contributed by atoms with Crippen LogP contribution >= 0.6 is 0 Å². The first-order valence-electron chi connectivity index (χ1n) is 7.54. The molecule has 0 aliphatic carbocycles. The number of rotatable bonds is 5. The molecule has 1 fully saturated rings. The lowest BCUT2D eigenvalue weighted by Gasteiger charge is -2.05. The third-order valence-corrected chi connectivity index (χ3v) is 2.12. The molecule has 0 aromatic carbocycles. The number of nitrogens with two attached hydrogens (primary N) is 1. The van der Waals surface area contributed by atoms with Crippen LogP contribution in [0.15, 0.2) is 0 Å². The highest BCUT2D eigenvalue weighted by atomic mass is 16.5. The van der Waals surface area contributed by atoms with E-state index in [1.54, 1.807) is 0 Å². The van der Waals surface area contributed by atoms with Gasteiger partial charge in [0.2, 0.25) is 0 Å². The molecule has 21 heavy (non-hydrogen) atoms. The van der Waals surface area contributed by atoms with Crippen molar-refractivity contribution in [2.45, 2.75) is 93.7 Å². The molecule has 4 heteroatoms. The Balaban J connectivity index is -0.000000106. The molecular weight excluding hydrogens is 264 g/mol. The summed E-state index contributed by atoms with van der Waals surface area (Å²) in [6, 6.07) is 0.988. The fraction of sp³-hybridized carbons (Fsp3) is 0.941. The first-order chi connectivity index (χ1) is 8.90. The number of hydrogen-bond donors (Lipinski definition) is 2. The summed E-state index contributed by atoms with van der Waals surface area (Å²) in [7, 11) is 0. The molecule has 1 aliphatic rings. The van der Waals surface area contributed by atoms with Crippen LogP contribution in [-0.4, -0.2) is 31.2 Å². The Morgan fingerprint density at radius 3 is 1.95 bits per heavy atom. The van der Waals surface area contributed by atoms with Gasteiger partial charge in [0.1, 0.15) is 0 Å². The third-order valence-electron chi connectivity index (χ3n) is 2.12. The third kappa shape index (κ3) is 38.2. The van der Waals surface area contributed by atoms with E-state index in [2.05, 4.69) is 30.8 Å². The van der Waals surface area contributed by atoms with Crippen LogP contribution in [-0.2, 0) is 9.53 Å². The average molecular weight is 307 g/mol. The lowest BCUT2D eigenvalue weighted by Crippen LogP contribution is -2.23. The van der Waals surface area contributed by atoms with Crippen molar-refractivity contribution in [3.8, 4) is 0 Å². The molecule has 0 atom stereocenters. The molecule has 1 saturated heterocycles. The van der Waals surface area contributed by atoms with Crippen LogP contribution in [0.5, 0.6) is 0 Å². The summed E-state index contributed by atoms with van der Waals surface area (Å²) in [5, 5.41) is 3.38. The second-order valence-electron chi connectivity index (χ2n) is 5.38. The first kappa shape index (κ1) is 28.5.